The molecule has 19 heavy (non-hydrogen) atoms. The van der Waals surface area contributed by atoms with E-state index in [1.54, 1.807) is 25.5 Å². The van der Waals surface area contributed by atoms with Gasteiger partial charge in [-0.1, -0.05) is 22.0 Å². The minimum Gasteiger partial charge on any atom is -0.387 e. The van der Waals surface area contributed by atoms with Crippen molar-refractivity contribution < 1.29 is 4.79 Å². The van der Waals surface area contributed by atoms with Crippen LogP contribution in [0.2, 0.25) is 0 Å². The lowest BCUT2D eigenvalue weighted by Gasteiger charge is -2.10. The van der Waals surface area contributed by atoms with Gasteiger partial charge in [0.15, 0.2) is 0 Å². The number of pyridine rings is 1. The topological polar surface area (TPSA) is 54.0 Å². The molecule has 98 valence electrons. The number of amides is 1. The highest BCUT2D eigenvalue weighted by Gasteiger charge is 2.11. The second kappa shape index (κ2) is 5.84. The zero-order valence-corrected chi connectivity index (χ0v) is 12.3. The fourth-order valence-electron chi connectivity index (χ4n) is 1.66. The van der Waals surface area contributed by atoms with Crippen LogP contribution >= 0.6 is 15.9 Å². The van der Waals surface area contributed by atoms with Gasteiger partial charge in [0.05, 0.1) is 5.56 Å². The van der Waals surface area contributed by atoms with Gasteiger partial charge in [-0.3, -0.25) is 9.78 Å². The Morgan fingerprint density at radius 1 is 1.32 bits per heavy atom. The molecule has 0 saturated heterocycles. The molecule has 0 spiro atoms. The number of hydrogen-bond donors (Lipinski definition) is 2. The second-order valence-corrected chi connectivity index (χ2v) is 4.94. The van der Waals surface area contributed by atoms with Gasteiger partial charge in [0, 0.05) is 35.3 Å². The predicted molar refractivity (Wildman–Crippen MR) is 80.6 cm³/mol. The highest BCUT2D eigenvalue weighted by atomic mass is 79.9. The summed E-state index contributed by atoms with van der Waals surface area (Å²) in [5.41, 5.74) is 3.13. The van der Waals surface area contributed by atoms with Crippen molar-refractivity contribution in [3.8, 4) is 0 Å². The van der Waals surface area contributed by atoms with Crippen LogP contribution in [0.15, 0.2) is 41.1 Å². The molecule has 0 unspecified atom stereocenters. The highest BCUT2D eigenvalue weighted by molar-refractivity contribution is 9.10. The van der Waals surface area contributed by atoms with Crippen molar-refractivity contribution in [2.45, 2.75) is 6.92 Å². The zero-order chi connectivity index (χ0) is 13.8. The average molecular weight is 320 g/mol. The minimum atomic E-state index is -0.187. The quantitative estimate of drug-likeness (QED) is 0.911. The molecule has 1 aromatic heterocycles. The van der Waals surface area contributed by atoms with Crippen molar-refractivity contribution in [2.24, 2.45) is 0 Å². The molecule has 0 aliphatic carbocycles. The number of aromatic nitrogens is 1. The number of hydrogen-bond acceptors (Lipinski definition) is 3. The first-order valence-corrected chi connectivity index (χ1v) is 6.60. The largest absolute Gasteiger partial charge is 0.387 e. The Kier molecular flexibility index (Phi) is 4.16. The van der Waals surface area contributed by atoms with E-state index in [0.29, 0.717) is 5.56 Å². The maximum absolute atomic E-state index is 12.2. The summed E-state index contributed by atoms with van der Waals surface area (Å²) in [6, 6.07) is 7.46. The Balaban J connectivity index is 2.23. The first kappa shape index (κ1) is 13.5. The third-order valence-corrected chi connectivity index (χ3v) is 3.62. The summed E-state index contributed by atoms with van der Waals surface area (Å²) >= 11 is 3.44. The van der Waals surface area contributed by atoms with Crippen LogP contribution in [-0.4, -0.2) is 17.9 Å². The smallest absolute Gasteiger partial charge is 0.259 e. The summed E-state index contributed by atoms with van der Waals surface area (Å²) in [6.45, 7) is 2.00. The summed E-state index contributed by atoms with van der Waals surface area (Å²) in [5, 5.41) is 5.82. The van der Waals surface area contributed by atoms with Crippen LogP contribution in [0.5, 0.6) is 0 Å². The van der Waals surface area contributed by atoms with E-state index < -0.39 is 0 Å². The van der Waals surface area contributed by atoms with E-state index in [0.717, 1.165) is 21.4 Å². The van der Waals surface area contributed by atoms with Gasteiger partial charge in [0.1, 0.15) is 0 Å². The van der Waals surface area contributed by atoms with E-state index in [1.165, 1.54) is 0 Å². The Hall–Kier alpha value is -1.88. The predicted octanol–water partition coefficient (Wildman–Crippen LogP) is 3.45. The first-order chi connectivity index (χ1) is 9.11. The van der Waals surface area contributed by atoms with Gasteiger partial charge in [0.2, 0.25) is 0 Å². The number of nitrogens with zero attached hydrogens (tertiary/aromatic N) is 1. The van der Waals surface area contributed by atoms with Crippen LogP contribution in [-0.2, 0) is 0 Å². The molecule has 0 fully saturated rings. The van der Waals surface area contributed by atoms with Crippen LogP contribution in [0.1, 0.15) is 15.9 Å². The van der Waals surface area contributed by atoms with E-state index in [2.05, 4.69) is 31.5 Å². The molecule has 2 rings (SSSR count). The summed E-state index contributed by atoms with van der Waals surface area (Å²) in [4.78, 5) is 16.2. The van der Waals surface area contributed by atoms with Crippen LogP contribution < -0.4 is 10.6 Å². The minimum absolute atomic E-state index is 0.187. The Morgan fingerprint density at radius 2 is 2.11 bits per heavy atom. The van der Waals surface area contributed by atoms with Crippen molar-refractivity contribution in [3.63, 3.8) is 0 Å². The molecule has 0 aliphatic rings. The number of anilines is 2. The molecule has 0 atom stereocenters. The van der Waals surface area contributed by atoms with Crippen molar-refractivity contribution in [2.75, 3.05) is 17.7 Å². The molecule has 1 heterocycles. The zero-order valence-electron chi connectivity index (χ0n) is 10.7. The number of carbonyl (C=O) groups excluding carboxylic acids is 1. The molecule has 0 aliphatic heterocycles. The molecule has 5 heteroatoms. The molecule has 1 amide bonds. The first-order valence-electron chi connectivity index (χ1n) is 5.81. The summed E-state index contributed by atoms with van der Waals surface area (Å²) in [5.74, 6) is -0.187. The van der Waals surface area contributed by atoms with Gasteiger partial charge in [-0.2, -0.15) is 0 Å². The number of aryl methyl sites for hydroxylation is 1. The molecule has 2 aromatic rings. The summed E-state index contributed by atoms with van der Waals surface area (Å²) in [6.07, 6.45) is 3.19. The molecule has 0 saturated carbocycles. The van der Waals surface area contributed by atoms with Crippen LogP contribution in [0.4, 0.5) is 11.4 Å². The van der Waals surface area contributed by atoms with Crippen molar-refractivity contribution in [1.29, 1.82) is 0 Å². The molecule has 4 nitrogen and oxygen atoms in total. The van der Waals surface area contributed by atoms with Gasteiger partial charge in [-0.15, -0.1) is 0 Å². The lowest BCUT2D eigenvalue weighted by atomic mass is 10.2. The van der Waals surface area contributed by atoms with E-state index in [9.17, 15) is 4.79 Å². The van der Waals surface area contributed by atoms with Gasteiger partial charge in [-0.25, -0.2) is 0 Å². The normalized spacial score (nSPS) is 10.1. The standard InChI is InChI=1S/C14H14BrN3O/c1-9-3-4-10(7-12(9)15)18-14(19)11-8-17-6-5-13(11)16-2/h3-8H,1-2H3,(H,16,17)(H,18,19). The van der Waals surface area contributed by atoms with E-state index in [4.69, 9.17) is 0 Å². The average Bonchev–Trinajstić information content (AvgIpc) is 2.43. The Bertz CT molecular complexity index is 613. The molecule has 2 N–H and O–H groups in total. The third kappa shape index (κ3) is 3.12. The Labute approximate surface area is 120 Å². The summed E-state index contributed by atoms with van der Waals surface area (Å²) < 4.78 is 0.963. The summed E-state index contributed by atoms with van der Waals surface area (Å²) in [7, 11) is 1.77. The lowest BCUT2D eigenvalue weighted by Crippen LogP contribution is -2.14. The Morgan fingerprint density at radius 3 is 2.79 bits per heavy atom. The number of rotatable bonds is 3. The molecule has 1 aromatic carbocycles. The maximum Gasteiger partial charge on any atom is 0.259 e. The number of nitrogens with one attached hydrogen (secondary N) is 2. The molecular formula is C14H14BrN3O. The van der Waals surface area contributed by atoms with E-state index in [-0.39, 0.29) is 5.91 Å². The van der Waals surface area contributed by atoms with Crippen molar-refractivity contribution in [3.05, 3.63) is 52.3 Å². The third-order valence-electron chi connectivity index (χ3n) is 2.76. The van der Waals surface area contributed by atoms with E-state index in [1.807, 2.05) is 25.1 Å². The van der Waals surface area contributed by atoms with Crippen molar-refractivity contribution >= 4 is 33.2 Å². The van der Waals surface area contributed by atoms with Gasteiger partial charge < -0.3 is 10.6 Å². The van der Waals surface area contributed by atoms with E-state index >= 15 is 0 Å². The number of halogens is 1. The van der Waals surface area contributed by atoms with Crippen LogP contribution in [0, 0.1) is 6.92 Å². The molecule has 0 radical (unpaired) electrons. The fourth-order valence-corrected chi connectivity index (χ4v) is 2.04. The van der Waals surface area contributed by atoms with Crippen LogP contribution in [0.25, 0.3) is 0 Å². The van der Waals surface area contributed by atoms with Gasteiger partial charge in [-0.05, 0) is 30.7 Å². The molecule has 0 bridgehead atoms. The SMILES string of the molecule is CNc1ccncc1C(=O)Nc1ccc(C)c(Br)c1. The number of benzene rings is 1. The monoisotopic (exact) mass is 319 g/mol. The number of carbonyl (C=O) groups is 1. The second-order valence-electron chi connectivity index (χ2n) is 4.09. The molecular weight excluding hydrogens is 306 g/mol. The lowest BCUT2D eigenvalue weighted by molar-refractivity contribution is 0.102. The fraction of sp³-hybridized carbons (Fsp3) is 0.143. The van der Waals surface area contributed by atoms with Crippen LogP contribution in [0.3, 0.4) is 0 Å². The van der Waals surface area contributed by atoms with Gasteiger partial charge in [0.25, 0.3) is 5.91 Å². The van der Waals surface area contributed by atoms with Gasteiger partial charge >= 0.3 is 0 Å². The maximum atomic E-state index is 12.2. The highest BCUT2D eigenvalue weighted by Crippen LogP contribution is 2.22. The van der Waals surface area contributed by atoms with Crippen molar-refractivity contribution in [1.82, 2.24) is 4.98 Å².